The molecule has 0 spiro atoms. The van der Waals surface area contributed by atoms with E-state index in [1.165, 1.54) is 0 Å². The number of benzene rings is 2. The fourth-order valence-corrected chi connectivity index (χ4v) is 3.77. The van der Waals surface area contributed by atoms with Crippen molar-refractivity contribution in [3.05, 3.63) is 57.6 Å². The molecule has 3 rings (SSSR count). The standard InChI is InChI=1S/C24H32O6/c1-17-9-19-13-27-5-7-29-15-21-11-18(2)12-22(24(21)26-4)16-30-8-6-28-14-20(10-17)23(19)25-3/h9-12H,5-8,13-16H2,1-4H3. The first-order chi connectivity index (χ1) is 14.6. The first-order valence-electron chi connectivity index (χ1n) is 10.3. The Kier molecular flexibility index (Phi) is 8.51. The number of rotatable bonds is 2. The van der Waals surface area contributed by atoms with E-state index in [2.05, 4.69) is 38.1 Å². The third-order valence-electron chi connectivity index (χ3n) is 4.96. The summed E-state index contributed by atoms with van der Waals surface area (Å²) >= 11 is 0. The molecule has 30 heavy (non-hydrogen) atoms. The number of fused-ring (bicyclic) bond motifs is 4. The molecular formula is C24H32O6. The molecule has 0 fully saturated rings. The molecule has 1 heterocycles. The predicted molar refractivity (Wildman–Crippen MR) is 114 cm³/mol. The van der Waals surface area contributed by atoms with Gasteiger partial charge in [0.05, 0.1) is 67.1 Å². The summed E-state index contributed by atoms with van der Waals surface area (Å²) in [6.45, 7) is 7.94. The van der Waals surface area contributed by atoms with Crippen molar-refractivity contribution in [1.82, 2.24) is 0 Å². The second-order valence-electron chi connectivity index (χ2n) is 7.44. The van der Waals surface area contributed by atoms with Crippen LogP contribution in [0.15, 0.2) is 24.3 Å². The van der Waals surface area contributed by atoms with Crippen LogP contribution in [-0.4, -0.2) is 40.6 Å². The summed E-state index contributed by atoms with van der Waals surface area (Å²) in [5, 5.41) is 0. The summed E-state index contributed by atoms with van der Waals surface area (Å²) in [5.74, 6) is 1.64. The average Bonchev–Trinajstić information content (AvgIpc) is 2.72. The number of ether oxygens (including phenoxy) is 6. The van der Waals surface area contributed by atoms with Crippen molar-refractivity contribution in [2.75, 3.05) is 40.6 Å². The zero-order valence-corrected chi connectivity index (χ0v) is 18.4. The van der Waals surface area contributed by atoms with Crippen LogP contribution in [0.3, 0.4) is 0 Å². The quantitative estimate of drug-likeness (QED) is 0.735. The molecule has 0 radical (unpaired) electrons. The van der Waals surface area contributed by atoms with Crippen molar-refractivity contribution in [2.24, 2.45) is 0 Å². The highest BCUT2D eigenvalue weighted by molar-refractivity contribution is 5.45. The van der Waals surface area contributed by atoms with E-state index in [-0.39, 0.29) is 0 Å². The molecule has 1 aliphatic heterocycles. The Labute approximate surface area is 179 Å². The summed E-state index contributed by atoms with van der Waals surface area (Å²) in [6, 6.07) is 8.35. The van der Waals surface area contributed by atoms with Gasteiger partial charge in [-0.3, -0.25) is 0 Å². The molecule has 1 aliphatic rings. The van der Waals surface area contributed by atoms with Crippen molar-refractivity contribution >= 4 is 0 Å². The summed E-state index contributed by atoms with van der Waals surface area (Å²) in [4.78, 5) is 0. The third kappa shape index (κ3) is 5.95. The highest BCUT2D eigenvalue weighted by atomic mass is 16.5. The van der Waals surface area contributed by atoms with Crippen LogP contribution < -0.4 is 9.47 Å². The zero-order chi connectivity index (χ0) is 21.3. The van der Waals surface area contributed by atoms with Crippen LogP contribution in [-0.2, 0) is 45.4 Å². The minimum Gasteiger partial charge on any atom is -0.496 e. The second kappa shape index (κ2) is 11.3. The van der Waals surface area contributed by atoms with Gasteiger partial charge in [-0.2, -0.15) is 0 Å². The lowest BCUT2D eigenvalue weighted by atomic mass is 10.1. The molecule has 164 valence electrons. The van der Waals surface area contributed by atoms with E-state index in [1.807, 2.05) is 0 Å². The van der Waals surface area contributed by atoms with E-state index in [9.17, 15) is 0 Å². The van der Waals surface area contributed by atoms with Gasteiger partial charge in [0.2, 0.25) is 0 Å². The molecule has 0 aromatic heterocycles. The van der Waals surface area contributed by atoms with Gasteiger partial charge in [0, 0.05) is 22.3 Å². The fraction of sp³-hybridized carbons (Fsp3) is 0.500. The molecule has 4 bridgehead atoms. The Bertz CT molecular complexity index is 705. The van der Waals surface area contributed by atoms with Gasteiger partial charge in [-0.1, -0.05) is 35.4 Å². The van der Waals surface area contributed by atoms with Gasteiger partial charge in [0.1, 0.15) is 11.5 Å². The summed E-state index contributed by atoms with van der Waals surface area (Å²) in [5.41, 5.74) is 6.35. The van der Waals surface area contributed by atoms with Crippen LogP contribution >= 0.6 is 0 Å². The van der Waals surface area contributed by atoms with Crippen LogP contribution in [0.5, 0.6) is 11.5 Å². The fourth-order valence-electron chi connectivity index (χ4n) is 3.77. The summed E-state index contributed by atoms with van der Waals surface area (Å²) < 4.78 is 34.7. The lowest BCUT2D eigenvalue weighted by Gasteiger charge is -2.17. The van der Waals surface area contributed by atoms with Crippen LogP contribution in [0.25, 0.3) is 0 Å². The Morgan fingerprint density at radius 1 is 0.533 bits per heavy atom. The number of methoxy groups -OCH3 is 2. The lowest BCUT2D eigenvalue weighted by Crippen LogP contribution is -2.10. The van der Waals surface area contributed by atoms with Crippen LogP contribution in [0.2, 0.25) is 0 Å². The number of aryl methyl sites for hydroxylation is 2. The van der Waals surface area contributed by atoms with Gasteiger partial charge >= 0.3 is 0 Å². The molecule has 0 aliphatic carbocycles. The predicted octanol–water partition coefficient (Wildman–Crippen LogP) is 4.10. The third-order valence-corrected chi connectivity index (χ3v) is 4.96. The largest absolute Gasteiger partial charge is 0.496 e. The topological polar surface area (TPSA) is 55.4 Å². The second-order valence-corrected chi connectivity index (χ2v) is 7.44. The highest BCUT2D eigenvalue weighted by Crippen LogP contribution is 2.29. The van der Waals surface area contributed by atoms with E-state index in [1.54, 1.807) is 14.2 Å². The SMILES string of the molecule is COc1c2cc(C)cc1COCCOCc1cc(C)cc(c1OC)COCCOC2. The van der Waals surface area contributed by atoms with Gasteiger partial charge in [0.25, 0.3) is 0 Å². The molecule has 0 saturated heterocycles. The smallest absolute Gasteiger partial charge is 0.129 e. The summed E-state index contributed by atoms with van der Waals surface area (Å²) in [6.07, 6.45) is 0. The van der Waals surface area contributed by atoms with Gasteiger partial charge in [-0.15, -0.1) is 0 Å². The first-order valence-corrected chi connectivity index (χ1v) is 10.3. The maximum atomic E-state index is 5.85. The number of hydrogen-bond acceptors (Lipinski definition) is 6. The molecule has 0 unspecified atom stereocenters. The van der Waals surface area contributed by atoms with Crippen molar-refractivity contribution in [3.8, 4) is 11.5 Å². The monoisotopic (exact) mass is 416 g/mol. The Hall–Kier alpha value is -2.12. The average molecular weight is 417 g/mol. The number of hydrogen-bond donors (Lipinski definition) is 0. The van der Waals surface area contributed by atoms with Crippen molar-refractivity contribution in [1.29, 1.82) is 0 Å². The molecular weight excluding hydrogens is 384 g/mol. The molecule has 6 heteroatoms. The Morgan fingerprint density at radius 2 is 0.800 bits per heavy atom. The van der Waals surface area contributed by atoms with E-state index in [0.29, 0.717) is 52.9 Å². The Morgan fingerprint density at radius 3 is 1.03 bits per heavy atom. The van der Waals surface area contributed by atoms with Crippen molar-refractivity contribution in [3.63, 3.8) is 0 Å². The molecule has 0 saturated carbocycles. The normalized spacial score (nSPS) is 16.4. The lowest BCUT2D eigenvalue weighted by molar-refractivity contribution is 0.0284. The van der Waals surface area contributed by atoms with Crippen LogP contribution in [0.1, 0.15) is 33.4 Å². The first kappa shape index (κ1) is 22.6. The van der Waals surface area contributed by atoms with Crippen LogP contribution in [0, 0.1) is 13.8 Å². The molecule has 6 nitrogen and oxygen atoms in total. The maximum Gasteiger partial charge on any atom is 0.129 e. The maximum absolute atomic E-state index is 5.85. The molecule has 2 aromatic rings. The van der Waals surface area contributed by atoms with Crippen molar-refractivity contribution in [2.45, 2.75) is 40.3 Å². The van der Waals surface area contributed by atoms with Gasteiger partial charge in [-0.05, 0) is 13.8 Å². The Balaban J connectivity index is 1.75. The molecule has 2 aromatic carbocycles. The minimum absolute atomic E-state index is 0.461. The van der Waals surface area contributed by atoms with Gasteiger partial charge in [0.15, 0.2) is 0 Å². The van der Waals surface area contributed by atoms with E-state index in [0.717, 1.165) is 44.9 Å². The molecule has 0 amide bonds. The van der Waals surface area contributed by atoms with E-state index in [4.69, 9.17) is 28.4 Å². The van der Waals surface area contributed by atoms with E-state index >= 15 is 0 Å². The van der Waals surface area contributed by atoms with Gasteiger partial charge < -0.3 is 28.4 Å². The van der Waals surface area contributed by atoms with Crippen LogP contribution in [0.4, 0.5) is 0 Å². The highest BCUT2D eigenvalue weighted by Gasteiger charge is 2.13. The minimum atomic E-state index is 0.461. The molecule has 0 atom stereocenters. The zero-order valence-electron chi connectivity index (χ0n) is 18.4. The van der Waals surface area contributed by atoms with Crippen molar-refractivity contribution < 1.29 is 28.4 Å². The van der Waals surface area contributed by atoms with Gasteiger partial charge in [-0.25, -0.2) is 0 Å². The van der Waals surface area contributed by atoms with E-state index < -0.39 is 0 Å². The summed E-state index contributed by atoms with van der Waals surface area (Å²) in [7, 11) is 3.36. The molecule has 0 N–H and O–H groups in total.